The lowest BCUT2D eigenvalue weighted by Gasteiger charge is -2.28. The van der Waals surface area contributed by atoms with Crippen LogP contribution in [0.25, 0.3) is 11.0 Å². The SMILES string of the molecule is C[Si](C)(C)CCOCn1cnc2ccc(N3CCCCC3)cc21. The van der Waals surface area contributed by atoms with Crippen molar-refractivity contribution in [3.8, 4) is 0 Å². The first kappa shape index (κ1) is 16.5. The summed E-state index contributed by atoms with van der Waals surface area (Å²) in [6, 6.07) is 7.82. The van der Waals surface area contributed by atoms with Gasteiger partial charge in [0.2, 0.25) is 0 Å². The van der Waals surface area contributed by atoms with Gasteiger partial charge in [-0.3, -0.25) is 0 Å². The molecule has 2 aromatic rings. The Bertz CT molecular complexity index is 641. The molecule has 2 heterocycles. The van der Waals surface area contributed by atoms with Gasteiger partial charge in [0.15, 0.2) is 0 Å². The summed E-state index contributed by atoms with van der Waals surface area (Å²) in [6.07, 6.45) is 5.87. The minimum absolute atomic E-state index is 0.602. The number of nitrogens with zero attached hydrogens (tertiary/aromatic N) is 3. The van der Waals surface area contributed by atoms with E-state index in [1.165, 1.54) is 49.6 Å². The van der Waals surface area contributed by atoms with E-state index >= 15 is 0 Å². The second-order valence-corrected chi connectivity index (χ2v) is 13.4. The van der Waals surface area contributed by atoms with Crippen molar-refractivity contribution in [1.29, 1.82) is 0 Å². The van der Waals surface area contributed by atoms with Gasteiger partial charge in [-0.1, -0.05) is 19.6 Å². The van der Waals surface area contributed by atoms with E-state index in [2.05, 4.69) is 52.3 Å². The van der Waals surface area contributed by atoms with Crippen LogP contribution >= 0.6 is 0 Å². The molecule has 4 nitrogen and oxygen atoms in total. The highest BCUT2D eigenvalue weighted by molar-refractivity contribution is 6.76. The van der Waals surface area contributed by atoms with Crippen molar-refractivity contribution in [3.63, 3.8) is 0 Å². The lowest BCUT2D eigenvalue weighted by Crippen LogP contribution is -2.29. The normalized spacial score (nSPS) is 16.2. The molecule has 0 atom stereocenters. The van der Waals surface area contributed by atoms with E-state index in [4.69, 9.17) is 4.74 Å². The Hall–Kier alpha value is -1.33. The van der Waals surface area contributed by atoms with Crippen LogP contribution in [0, 0.1) is 0 Å². The summed E-state index contributed by atoms with van der Waals surface area (Å²) in [7, 11) is -1.02. The number of imidazole rings is 1. The molecule has 23 heavy (non-hydrogen) atoms. The fourth-order valence-electron chi connectivity index (χ4n) is 3.04. The molecule has 126 valence electrons. The second kappa shape index (κ2) is 7.05. The molecule has 0 bridgehead atoms. The molecule has 5 heteroatoms. The topological polar surface area (TPSA) is 30.3 Å². The third-order valence-corrected chi connectivity index (χ3v) is 6.26. The number of hydrogen-bond acceptors (Lipinski definition) is 3. The fraction of sp³-hybridized carbons (Fsp3) is 0.611. The number of fused-ring (bicyclic) bond motifs is 1. The van der Waals surface area contributed by atoms with Crippen molar-refractivity contribution in [2.45, 2.75) is 51.7 Å². The van der Waals surface area contributed by atoms with Crippen LogP contribution < -0.4 is 4.90 Å². The Morgan fingerprint density at radius 3 is 2.65 bits per heavy atom. The van der Waals surface area contributed by atoms with Crippen molar-refractivity contribution < 1.29 is 4.74 Å². The minimum Gasteiger partial charge on any atom is -0.371 e. The summed E-state index contributed by atoms with van der Waals surface area (Å²) in [5.41, 5.74) is 3.56. The highest BCUT2D eigenvalue weighted by Crippen LogP contribution is 2.24. The molecule has 0 aliphatic carbocycles. The molecule has 0 spiro atoms. The predicted molar refractivity (Wildman–Crippen MR) is 99.9 cm³/mol. The van der Waals surface area contributed by atoms with E-state index < -0.39 is 8.07 Å². The first-order valence-corrected chi connectivity index (χ1v) is 12.5. The van der Waals surface area contributed by atoms with Crippen LogP contribution in [-0.4, -0.2) is 37.3 Å². The second-order valence-electron chi connectivity index (χ2n) is 7.78. The lowest BCUT2D eigenvalue weighted by molar-refractivity contribution is 0.0898. The van der Waals surface area contributed by atoms with Crippen LogP contribution in [0.3, 0.4) is 0 Å². The van der Waals surface area contributed by atoms with E-state index in [1.807, 2.05) is 6.33 Å². The molecule has 1 fully saturated rings. The summed E-state index contributed by atoms with van der Waals surface area (Å²) in [5.74, 6) is 0. The zero-order chi connectivity index (χ0) is 16.3. The molecule has 1 aliphatic rings. The smallest absolute Gasteiger partial charge is 0.124 e. The average molecular weight is 332 g/mol. The number of anilines is 1. The van der Waals surface area contributed by atoms with Crippen molar-refractivity contribution in [3.05, 3.63) is 24.5 Å². The molecule has 0 N–H and O–H groups in total. The molecule has 0 amide bonds. The molecular formula is C18H29N3OSi. The standard InChI is InChI=1S/C18H29N3OSi/c1-23(2,3)12-11-22-15-21-14-19-17-8-7-16(13-18(17)21)20-9-5-4-6-10-20/h7-8,13-14H,4-6,9-12,15H2,1-3H3. The summed E-state index contributed by atoms with van der Waals surface area (Å²) < 4.78 is 8.02. The zero-order valence-corrected chi connectivity index (χ0v) is 15.7. The van der Waals surface area contributed by atoms with E-state index in [9.17, 15) is 0 Å². The van der Waals surface area contributed by atoms with Gasteiger partial charge in [-0.2, -0.15) is 0 Å². The maximum Gasteiger partial charge on any atom is 0.124 e. The Balaban J connectivity index is 1.68. The number of rotatable bonds is 6. The number of hydrogen-bond donors (Lipinski definition) is 0. The summed E-state index contributed by atoms with van der Waals surface area (Å²) >= 11 is 0. The Kier molecular flexibility index (Phi) is 5.07. The number of aromatic nitrogens is 2. The summed E-state index contributed by atoms with van der Waals surface area (Å²) in [6.45, 7) is 10.9. The van der Waals surface area contributed by atoms with Crippen LogP contribution in [0.4, 0.5) is 5.69 Å². The zero-order valence-electron chi connectivity index (χ0n) is 14.7. The van der Waals surface area contributed by atoms with Crippen LogP contribution in [-0.2, 0) is 11.5 Å². The van der Waals surface area contributed by atoms with Crippen LogP contribution in [0.5, 0.6) is 0 Å². The van der Waals surface area contributed by atoms with Gasteiger partial charge < -0.3 is 14.2 Å². The molecule has 1 aliphatic heterocycles. The predicted octanol–water partition coefficient (Wildman–Crippen LogP) is 4.34. The van der Waals surface area contributed by atoms with Crippen molar-refractivity contribution >= 4 is 24.8 Å². The van der Waals surface area contributed by atoms with E-state index in [0.717, 1.165) is 12.1 Å². The fourth-order valence-corrected chi connectivity index (χ4v) is 3.79. The Labute approximate surface area is 140 Å². The van der Waals surface area contributed by atoms with E-state index in [1.54, 1.807) is 0 Å². The molecule has 3 rings (SSSR count). The van der Waals surface area contributed by atoms with Gasteiger partial charge >= 0.3 is 0 Å². The molecule has 0 radical (unpaired) electrons. The van der Waals surface area contributed by atoms with Gasteiger partial charge in [0.25, 0.3) is 0 Å². The molecule has 0 unspecified atom stereocenters. The van der Waals surface area contributed by atoms with Gasteiger partial charge in [-0.25, -0.2) is 4.98 Å². The van der Waals surface area contributed by atoms with Crippen LogP contribution in [0.1, 0.15) is 19.3 Å². The Morgan fingerprint density at radius 1 is 1.13 bits per heavy atom. The lowest BCUT2D eigenvalue weighted by atomic mass is 10.1. The number of benzene rings is 1. The maximum atomic E-state index is 5.89. The van der Waals surface area contributed by atoms with E-state index in [0.29, 0.717) is 6.73 Å². The number of ether oxygens (including phenoxy) is 1. The molecular weight excluding hydrogens is 302 g/mol. The van der Waals surface area contributed by atoms with Gasteiger partial charge in [-0.15, -0.1) is 0 Å². The third-order valence-electron chi connectivity index (χ3n) is 4.55. The summed E-state index contributed by atoms with van der Waals surface area (Å²) in [4.78, 5) is 7.00. The highest BCUT2D eigenvalue weighted by Gasteiger charge is 2.14. The first-order valence-electron chi connectivity index (χ1n) is 8.80. The molecule has 1 aromatic carbocycles. The van der Waals surface area contributed by atoms with Crippen LogP contribution in [0.2, 0.25) is 25.7 Å². The van der Waals surface area contributed by atoms with Gasteiger partial charge in [0.05, 0.1) is 17.4 Å². The highest BCUT2D eigenvalue weighted by atomic mass is 28.3. The number of piperidine rings is 1. The van der Waals surface area contributed by atoms with E-state index in [-0.39, 0.29) is 0 Å². The molecule has 0 saturated carbocycles. The first-order chi connectivity index (χ1) is 11.0. The Morgan fingerprint density at radius 2 is 1.91 bits per heavy atom. The van der Waals surface area contributed by atoms with Crippen LogP contribution in [0.15, 0.2) is 24.5 Å². The monoisotopic (exact) mass is 331 g/mol. The minimum atomic E-state index is -1.02. The van der Waals surface area contributed by atoms with Crippen molar-refractivity contribution in [2.75, 3.05) is 24.6 Å². The van der Waals surface area contributed by atoms with Crippen molar-refractivity contribution in [2.24, 2.45) is 0 Å². The third kappa shape index (κ3) is 4.35. The molecule has 1 aromatic heterocycles. The van der Waals surface area contributed by atoms with Gasteiger partial charge in [0, 0.05) is 33.5 Å². The van der Waals surface area contributed by atoms with Gasteiger partial charge in [0.1, 0.15) is 6.73 Å². The van der Waals surface area contributed by atoms with Gasteiger partial charge in [-0.05, 0) is 43.5 Å². The average Bonchev–Trinajstić information content (AvgIpc) is 2.94. The summed E-state index contributed by atoms with van der Waals surface area (Å²) in [5, 5.41) is 0. The molecule has 1 saturated heterocycles. The quantitative estimate of drug-likeness (QED) is 0.583. The maximum absolute atomic E-state index is 5.89. The largest absolute Gasteiger partial charge is 0.371 e. The van der Waals surface area contributed by atoms with Crippen molar-refractivity contribution in [1.82, 2.24) is 9.55 Å².